The van der Waals surface area contributed by atoms with Crippen LogP contribution >= 0.6 is 0 Å². The molecule has 0 aromatic rings. The molecule has 0 amide bonds. The molecule has 92 valence electrons. The molecule has 1 N–H and O–H groups in total. The van der Waals surface area contributed by atoms with Gasteiger partial charge in [-0.25, -0.2) is 0 Å². The summed E-state index contributed by atoms with van der Waals surface area (Å²) < 4.78 is 0. The van der Waals surface area contributed by atoms with E-state index in [1.165, 1.54) is 6.42 Å². The fourth-order valence-electron chi connectivity index (χ4n) is 3.67. The molecule has 2 rings (SSSR count). The zero-order valence-electron chi connectivity index (χ0n) is 10.8. The summed E-state index contributed by atoms with van der Waals surface area (Å²) in [6, 6.07) is 0. The van der Waals surface area contributed by atoms with Crippen molar-refractivity contribution in [2.24, 2.45) is 17.3 Å². The molecule has 2 heteroatoms. The lowest BCUT2D eigenvalue weighted by Crippen LogP contribution is -2.46. The molecule has 2 saturated carbocycles. The number of hydrogen-bond acceptors (Lipinski definition) is 2. The van der Waals surface area contributed by atoms with Gasteiger partial charge in [-0.3, -0.25) is 4.79 Å². The highest BCUT2D eigenvalue weighted by Crippen LogP contribution is 2.51. The summed E-state index contributed by atoms with van der Waals surface area (Å²) >= 11 is 0. The second-order valence-electron chi connectivity index (χ2n) is 6.65. The number of carbonyl (C=O) groups is 1. The van der Waals surface area contributed by atoms with Crippen LogP contribution in [0.3, 0.4) is 0 Å². The molecule has 0 unspecified atom stereocenters. The van der Waals surface area contributed by atoms with Crippen LogP contribution in [-0.2, 0) is 4.79 Å². The number of fused-ring (bicyclic) bond motifs is 1. The average molecular weight is 224 g/mol. The Morgan fingerprint density at radius 1 is 1.38 bits per heavy atom. The minimum absolute atomic E-state index is 0.214. The number of Topliss-reactive ketones (excluding diaryl/α,β-unsaturated/α-hetero) is 1. The molecule has 2 aliphatic rings. The smallest absolute Gasteiger partial charge is 0.136 e. The zero-order valence-corrected chi connectivity index (χ0v) is 10.8. The van der Waals surface area contributed by atoms with Gasteiger partial charge in [0.2, 0.25) is 0 Å². The molecule has 2 nitrogen and oxygen atoms in total. The summed E-state index contributed by atoms with van der Waals surface area (Å²) in [5, 5.41) is 10.1. The van der Waals surface area contributed by atoms with Gasteiger partial charge >= 0.3 is 0 Å². The summed E-state index contributed by atoms with van der Waals surface area (Å²) in [5.41, 5.74) is -0.393. The predicted octanol–water partition coefficient (Wildman–Crippen LogP) is 2.93. The third-order valence-corrected chi connectivity index (χ3v) is 4.98. The molecule has 0 aromatic carbocycles. The minimum atomic E-state index is -0.626. The number of rotatable bonds is 1. The zero-order chi connectivity index (χ0) is 12.0. The van der Waals surface area contributed by atoms with Gasteiger partial charge in [0, 0.05) is 12.3 Å². The van der Waals surface area contributed by atoms with Gasteiger partial charge in [0.25, 0.3) is 0 Å². The van der Waals surface area contributed by atoms with E-state index in [4.69, 9.17) is 0 Å². The molecule has 0 spiro atoms. The summed E-state index contributed by atoms with van der Waals surface area (Å²) in [7, 11) is 0. The van der Waals surface area contributed by atoms with E-state index < -0.39 is 5.60 Å². The van der Waals surface area contributed by atoms with Crippen molar-refractivity contribution in [3.8, 4) is 0 Å². The Morgan fingerprint density at radius 3 is 2.69 bits per heavy atom. The van der Waals surface area contributed by atoms with Crippen LogP contribution in [0.5, 0.6) is 0 Å². The Kier molecular flexibility index (Phi) is 2.90. The van der Waals surface area contributed by atoms with Crippen molar-refractivity contribution in [3.05, 3.63) is 0 Å². The van der Waals surface area contributed by atoms with Crippen LogP contribution in [0.25, 0.3) is 0 Å². The third kappa shape index (κ3) is 2.04. The first kappa shape index (κ1) is 12.1. The largest absolute Gasteiger partial charge is 0.390 e. The molecule has 0 bridgehead atoms. The summed E-state index contributed by atoms with van der Waals surface area (Å²) in [4.78, 5) is 12.0. The second kappa shape index (κ2) is 3.83. The molecule has 0 radical (unpaired) electrons. The van der Waals surface area contributed by atoms with Gasteiger partial charge in [0.05, 0.1) is 5.60 Å². The van der Waals surface area contributed by atoms with Crippen molar-refractivity contribution in [2.45, 2.75) is 64.9 Å². The Balaban J connectivity index is 2.15. The van der Waals surface area contributed by atoms with Gasteiger partial charge in [-0.1, -0.05) is 6.92 Å². The van der Waals surface area contributed by atoms with Crippen molar-refractivity contribution in [3.63, 3.8) is 0 Å². The molecular formula is C14H24O2. The predicted molar refractivity (Wildman–Crippen MR) is 64.1 cm³/mol. The van der Waals surface area contributed by atoms with Crippen LogP contribution in [-0.4, -0.2) is 16.5 Å². The van der Waals surface area contributed by atoms with Gasteiger partial charge in [0.1, 0.15) is 5.78 Å². The Bertz CT molecular complexity index is 290. The fourth-order valence-corrected chi connectivity index (χ4v) is 3.67. The standard InChI is InChI=1S/C14H24O2/c1-13(2,16)10-6-8-14(3)7-4-5-12(15)11(14)9-10/h10-11,16H,4-9H2,1-3H3/t10-,11+,14+/m0/s1. The molecule has 16 heavy (non-hydrogen) atoms. The van der Waals surface area contributed by atoms with Gasteiger partial charge in [-0.2, -0.15) is 0 Å². The molecule has 2 fully saturated rings. The molecule has 0 saturated heterocycles. The number of carbonyl (C=O) groups excluding carboxylic acids is 1. The topological polar surface area (TPSA) is 37.3 Å². The SMILES string of the molecule is CC(C)(O)[C@H]1CC[C@@]2(C)CCCC(=O)[C@H]2C1. The van der Waals surface area contributed by atoms with E-state index in [-0.39, 0.29) is 11.3 Å². The van der Waals surface area contributed by atoms with E-state index in [1.54, 1.807) is 0 Å². The van der Waals surface area contributed by atoms with E-state index in [0.29, 0.717) is 11.7 Å². The van der Waals surface area contributed by atoms with Crippen LogP contribution < -0.4 is 0 Å². The van der Waals surface area contributed by atoms with E-state index in [1.807, 2.05) is 13.8 Å². The quantitative estimate of drug-likeness (QED) is 0.743. The van der Waals surface area contributed by atoms with Crippen molar-refractivity contribution in [2.75, 3.05) is 0 Å². The number of hydrogen-bond donors (Lipinski definition) is 1. The lowest BCUT2D eigenvalue weighted by Gasteiger charge is -2.49. The lowest BCUT2D eigenvalue weighted by molar-refractivity contribution is -0.136. The maximum Gasteiger partial charge on any atom is 0.136 e. The monoisotopic (exact) mass is 224 g/mol. The normalized spacial score (nSPS) is 40.6. The molecule has 2 aliphatic carbocycles. The maximum absolute atomic E-state index is 12.0. The molecule has 0 aliphatic heterocycles. The van der Waals surface area contributed by atoms with E-state index in [9.17, 15) is 9.90 Å². The van der Waals surface area contributed by atoms with Gasteiger partial charge in [0.15, 0.2) is 0 Å². The molecule has 0 aromatic heterocycles. The van der Waals surface area contributed by atoms with Gasteiger partial charge in [-0.15, -0.1) is 0 Å². The van der Waals surface area contributed by atoms with Crippen LogP contribution in [0.15, 0.2) is 0 Å². The second-order valence-corrected chi connectivity index (χ2v) is 6.65. The first-order valence-corrected chi connectivity index (χ1v) is 6.58. The summed E-state index contributed by atoms with van der Waals surface area (Å²) in [5.74, 6) is 0.960. The van der Waals surface area contributed by atoms with Crippen LogP contribution in [0.1, 0.15) is 59.3 Å². The molecule has 0 heterocycles. The van der Waals surface area contributed by atoms with Crippen LogP contribution in [0.2, 0.25) is 0 Å². The van der Waals surface area contributed by atoms with Crippen molar-refractivity contribution >= 4 is 5.78 Å². The average Bonchev–Trinajstić information content (AvgIpc) is 2.15. The number of ketones is 1. The van der Waals surface area contributed by atoms with E-state index in [0.717, 1.165) is 32.1 Å². The first-order chi connectivity index (χ1) is 7.33. The Labute approximate surface area is 98.4 Å². The maximum atomic E-state index is 12.0. The molecular weight excluding hydrogens is 200 g/mol. The van der Waals surface area contributed by atoms with E-state index in [2.05, 4.69) is 6.92 Å². The van der Waals surface area contributed by atoms with E-state index >= 15 is 0 Å². The Hall–Kier alpha value is -0.370. The number of aliphatic hydroxyl groups is 1. The lowest BCUT2D eigenvalue weighted by atomic mass is 9.56. The highest BCUT2D eigenvalue weighted by atomic mass is 16.3. The first-order valence-electron chi connectivity index (χ1n) is 6.58. The summed E-state index contributed by atoms with van der Waals surface area (Å²) in [6.07, 6.45) is 6.11. The van der Waals surface area contributed by atoms with Gasteiger partial charge < -0.3 is 5.11 Å². The van der Waals surface area contributed by atoms with Crippen molar-refractivity contribution in [1.29, 1.82) is 0 Å². The van der Waals surface area contributed by atoms with Crippen molar-refractivity contribution in [1.82, 2.24) is 0 Å². The molecule has 3 atom stereocenters. The fraction of sp³-hybridized carbons (Fsp3) is 0.929. The van der Waals surface area contributed by atoms with Crippen molar-refractivity contribution < 1.29 is 9.90 Å². The highest BCUT2D eigenvalue weighted by molar-refractivity contribution is 5.82. The Morgan fingerprint density at radius 2 is 2.06 bits per heavy atom. The highest BCUT2D eigenvalue weighted by Gasteiger charge is 2.47. The van der Waals surface area contributed by atoms with Crippen LogP contribution in [0, 0.1) is 17.3 Å². The van der Waals surface area contributed by atoms with Crippen LogP contribution in [0.4, 0.5) is 0 Å². The minimum Gasteiger partial charge on any atom is -0.390 e. The summed E-state index contributed by atoms with van der Waals surface area (Å²) in [6.45, 7) is 6.04. The third-order valence-electron chi connectivity index (χ3n) is 4.98. The van der Waals surface area contributed by atoms with Gasteiger partial charge in [-0.05, 0) is 57.3 Å².